The third-order valence-corrected chi connectivity index (χ3v) is 5.86. The Hall–Kier alpha value is -2.73. The summed E-state index contributed by atoms with van der Waals surface area (Å²) >= 11 is 0. The van der Waals surface area contributed by atoms with Crippen molar-refractivity contribution in [3.63, 3.8) is 0 Å². The molecule has 0 aliphatic carbocycles. The maximum Gasteiger partial charge on any atom is 0.306 e. The minimum atomic E-state index is -1.31. The molecule has 0 amide bonds. The van der Waals surface area contributed by atoms with Gasteiger partial charge in [0.25, 0.3) is 0 Å². The first kappa shape index (κ1) is 38.3. The van der Waals surface area contributed by atoms with Crippen LogP contribution in [-0.4, -0.2) is 87.8 Å². The van der Waals surface area contributed by atoms with E-state index >= 15 is 0 Å². The molecule has 0 aromatic carbocycles. The number of carbonyl (C=O) groups excluding carboxylic acids is 5. The Balaban J connectivity index is 5.96. The molecule has 41 heavy (non-hydrogen) atoms. The first-order chi connectivity index (χ1) is 19.3. The van der Waals surface area contributed by atoms with Gasteiger partial charge in [-0.3, -0.25) is 24.0 Å². The predicted molar refractivity (Wildman–Crippen MR) is 147 cm³/mol. The SMILES string of the molecule is CCC(=O)OCC(COCC(CO)(COC(=O)CC(C)C)COC(=O)CC(C)C)(COC(=O)CC)COC(=O)CC. The van der Waals surface area contributed by atoms with Crippen LogP contribution < -0.4 is 0 Å². The van der Waals surface area contributed by atoms with Crippen molar-refractivity contribution in [1.29, 1.82) is 0 Å². The molecule has 0 bridgehead atoms. The maximum atomic E-state index is 12.3. The normalized spacial score (nSPS) is 11.8. The largest absolute Gasteiger partial charge is 0.465 e. The van der Waals surface area contributed by atoms with Crippen LogP contribution >= 0.6 is 0 Å². The van der Waals surface area contributed by atoms with Crippen molar-refractivity contribution in [3.05, 3.63) is 0 Å². The van der Waals surface area contributed by atoms with E-state index in [1.165, 1.54) is 0 Å². The van der Waals surface area contributed by atoms with Gasteiger partial charge in [-0.1, -0.05) is 48.5 Å². The average molecular weight is 591 g/mol. The molecule has 0 atom stereocenters. The molecular formula is C29H50O12. The summed E-state index contributed by atoms with van der Waals surface area (Å²) in [4.78, 5) is 60.4. The Labute approximate surface area is 243 Å². The van der Waals surface area contributed by atoms with Gasteiger partial charge in [0.1, 0.15) is 33.0 Å². The van der Waals surface area contributed by atoms with Crippen LogP contribution in [0.3, 0.4) is 0 Å². The number of carbonyl (C=O) groups is 5. The molecule has 0 aromatic heterocycles. The fraction of sp³-hybridized carbons (Fsp3) is 0.828. The summed E-state index contributed by atoms with van der Waals surface area (Å²) in [5, 5.41) is 10.3. The van der Waals surface area contributed by atoms with E-state index in [0.29, 0.717) is 0 Å². The van der Waals surface area contributed by atoms with Gasteiger partial charge in [-0.05, 0) is 11.8 Å². The van der Waals surface area contributed by atoms with Gasteiger partial charge < -0.3 is 33.5 Å². The summed E-state index contributed by atoms with van der Waals surface area (Å²) in [6, 6.07) is 0. The lowest BCUT2D eigenvalue weighted by Crippen LogP contribution is -2.46. The number of ether oxygens (including phenoxy) is 6. The average Bonchev–Trinajstić information content (AvgIpc) is 2.93. The number of hydrogen-bond acceptors (Lipinski definition) is 12. The Bertz CT molecular complexity index is 744. The molecule has 1 N–H and O–H groups in total. The van der Waals surface area contributed by atoms with Crippen molar-refractivity contribution in [2.24, 2.45) is 22.7 Å². The Kier molecular flexibility index (Phi) is 18.9. The topological polar surface area (TPSA) is 161 Å². The number of rotatable bonds is 22. The van der Waals surface area contributed by atoms with Gasteiger partial charge in [0.05, 0.1) is 30.7 Å². The highest BCUT2D eigenvalue weighted by Crippen LogP contribution is 2.26. The van der Waals surface area contributed by atoms with Crippen LogP contribution in [0.15, 0.2) is 0 Å². The minimum Gasteiger partial charge on any atom is -0.465 e. The lowest BCUT2D eigenvalue weighted by atomic mass is 9.90. The highest BCUT2D eigenvalue weighted by molar-refractivity contribution is 5.71. The molecule has 12 heteroatoms. The molecule has 0 spiro atoms. The van der Waals surface area contributed by atoms with Crippen LogP contribution in [0.2, 0.25) is 0 Å². The minimum absolute atomic E-state index is 0.0502. The van der Waals surface area contributed by atoms with E-state index in [1.54, 1.807) is 20.8 Å². The molecule has 0 heterocycles. The maximum absolute atomic E-state index is 12.3. The monoisotopic (exact) mass is 590 g/mol. The van der Waals surface area contributed by atoms with E-state index in [-0.39, 0.29) is 90.2 Å². The zero-order chi connectivity index (χ0) is 31.5. The van der Waals surface area contributed by atoms with Crippen molar-refractivity contribution in [2.45, 2.75) is 80.6 Å². The third kappa shape index (κ3) is 17.0. The summed E-state index contributed by atoms with van der Waals surface area (Å²) in [6.07, 6.45) is 0.604. The molecule has 0 fully saturated rings. The summed E-state index contributed by atoms with van der Waals surface area (Å²) in [5.74, 6) is -2.41. The first-order valence-corrected chi connectivity index (χ1v) is 14.2. The van der Waals surface area contributed by atoms with Crippen LogP contribution in [0.1, 0.15) is 80.6 Å². The van der Waals surface area contributed by atoms with Gasteiger partial charge in [-0.15, -0.1) is 0 Å². The Morgan fingerprint density at radius 2 is 0.805 bits per heavy atom. The van der Waals surface area contributed by atoms with E-state index in [0.717, 1.165) is 0 Å². The van der Waals surface area contributed by atoms with Crippen LogP contribution in [0.25, 0.3) is 0 Å². The molecule has 12 nitrogen and oxygen atoms in total. The van der Waals surface area contributed by atoms with E-state index in [9.17, 15) is 29.1 Å². The van der Waals surface area contributed by atoms with Gasteiger partial charge in [0.15, 0.2) is 0 Å². The van der Waals surface area contributed by atoms with Crippen molar-refractivity contribution in [1.82, 2.24) is 0 Å². The van der Waals surface area contributed by atoms with E-state index < -0.39 is 47.3 Å². The van der Waals surface area contributed by atoms with E-state index in [1.807, 2.05) is 27.7 Å². The molecule has 0 aromatic rings. The first-order valence-electron chi connectivity index (χ1n) is 14.2. The molecule has 0 saturated heterocycles. The fourth-order valence-electron chi connectivity index (χ4n) is 3.25. The Morgan fingerprint density at radius 3 is 1.10 bits per heavy atom. The highest BCUT2D eigenvalue weighted by atomic mass is 16.6. The summed E-state index contributed by atoms with van der Waals surface area (Å²) in [5.41, 5.74) is -2.59. The highest BCUT2D eigenvalue weighted by Gasteiger charge is 2.39. The zero-order valence-electron chi connectivity index (χ0n) is 25.8. The molecule has 0 aliphatic rings. The fourth-order valence-corrected chi connectivity index (χ4v) is 3.25. The molecule has 238 valence electrons. The van der Waals surface area contributed by atoms with E-state index in [4.69, 9.17) is 28.4 Å². The van der Waals surface area contributed by atoms with Crippen molar-refractivity contribution >= 4 is 29.8 Å². The van der Waals surface area contributed by atoms with Crippen molar-refractivity contribution < 1.29 is 57.5 Å². The zero-order valence-corrected chi connectivity index (χ0v) is 25.8. The standard InChI is InChI=1S/C29H50O12/c1-8-23(31)37-18-29(19-38-24(32)9-2,20-39-25(33)10-3)15-36-14-28(13-30,16-40-26(34)11-21(4)5)17-41-27(35)12-22(6)7/h21-22,30H,8-20H2,1-7H3. The summed E-state index contributed by atoms with van der Waals surface area (Å²) < 4.78 is 32.8. The summed E-state index contributed by atoms with van der Waals surface area (Å²) in [7, 11) is 0. The number of aliphatic hydroxyl groups is 1. The van der Waals surface area contributed by atoms with Crippen LogP contribution in [0, 0.1) is 22.7 Å². The van der Waals surface area contributed by atoms with Gasteiger partial charge >= 0.3 is 29.8 Å². The Morgan fingerprint density at radius 1 is 0.512 bits per heavy atom. The second-order valence-electron chi connectivity index (χ2n) is 11.2. The number of aliphatic hydroxyl groups excluding tert-OH is 1. The van der Waals surface area contributed by atoms with Crippen LogP contribution in [0.5, 0.6) is 0 Å². The third-order valence-electron chi connectivity index (χ3n) is 5.86. The predicted octanol–water partition coefficient (Wildman–Crippen LogP) is 3.01. The molecule has 0 aliphatic heterocycles. The van der Waals surface area contributed by atoms with Crippen LogP contribution in [0.4, 0.5) is 0 Å². The van der Waals surface area contributed by atoms with Gasteiger partial charge in [-0.25, -0.2) is 0 Å². The van der Waals surface area contributed by atoms with Crippen molar-refractivity contribution in [3.8, 4) is 0 Å². The number of hydrogen-bond donors (Lipinski definition) is 1. The van der Waals surface area contributed by atoms with Gasteiger partial charge in [0.2, 0.25) is 0 Å². The van der Waals surface area contributed by atoms with Gasteiger partial charge in [-0.2, -0.15) is 0 Å². The second kappa shape index (κ2) is 20.2. The van der Waals surface area contributed by atoms with Crippen LogP contribution in [-0.2, 0) is 52.4 Å². The molecule has 0 saturated carbocycles. The quantitative estimate of drug-likeness (QED) is 0.145. The second-order valence-corrected chi connectivity index (χ2v) is 11.2. The smallest absolute Gasteiger partial charge is 0.306 e. The summed E-state index contributed by atoms with van der Waals surface area (Å²) in [6.45, 7) is 9.81. The molecule has 0 radical (unpaired) electrons. The lowest BCUT2D eigenvalue weighted by Gasteiger charge is -2.35. The molecule has 0 rings (SSSR count). The van der Waals surface area contributed by atoms with Crippen molar-refractivity contribution in [2.75, 3.05) is 52.9 Å². The van der Waals surface area contributed by atoms with E-state index in [2.05, 4.69) is 0 Å². The molecule has 0 unspecified atom stereocenters. The lowest BCUT2D eigenvalue weighted by molar-refractivity contribution is -0.172. The number of esters is 5. The van der Waals surface area contributed by atoms with Gasteiger partial charge in [0, 0.05) is 32.1 Å². The molecular weight excluding hydrogens is 540 g/mol.